The van der Waals surface area contributed by atoms with Crippen molar-refractivity contribution in [3.8, 4) is 12.3 Å². The van der Waals surface area contributed by atoms with E-state index in [0.29, 0.717) is 10.6 Å². The van der Waals surface area contributed by atoms with Crippen molar-refractivity contribution >= 4 is 33.0 Å². The van der Waals surface area contributed by atoms with Crippen LogP contribution in [0.5, 0.6) is 0 Å². The fraction of sp³-hybridized carbons (Fsp3) is 0.214. The molecule has 2 N–H and O–H groups in total. The molecule has 2 aromatic rings. The van der Waals surface area contributed by atoms with E-state index in [9.17, 15) is 4.79 Å². The van der Waals surface area contributed by atoms with Crippen LogP contribution in [-0.2, 0) is 0 Å². The Kier molecular flexibility index (Phi) is 3.26. The Bertz CT molecular complexity index is 652. The molecule has 0 atom stereocenters. The molecule has 1 aromatic heterocycles. The van der Waals surface area contributed by atoms with Crippen molar-refractivity contribution in [1.29, 1.82) is 0 Å². The van der Waals surface area contributed by atoms with Gasteiger partial charge in [0.2, 0.25) is 0 Å². The number of fused-ring (bicyclic) bond motifs is 1. The van der Waals surface area contributed by atoms with Gasteiger partial charge < -0.3 is 10.6 Å². The van der Waals surface area contributed by atoms with E-state index in [2.05, 4.69) is 5.92 Å². The maximum atomic E-state index is 12.2. The van der Waals surface area contributed by atoms with Gasteiger partial charge in [0.1, 0.15) is 4.88 Å². The lowest BCUT2D eigenvalue weighted by Gasteiger charge is -2.12. The molecular weight excluding hydrogens is 244 g/mol. The number of nitrogen functional groups attached to an aromatic ring is 1. The molecule has 18 heavy (non-hydrogen) atoms. The molecule has 2 rings (SSSR count). The van der Waals surface area contributed by atoms with Gasteiger partial charge in [-0.2, -0.15) is 0 Å². The van der Waals surface area contributed by atoms with Crippen molar-refractivity contribution in [2.75, 3.05) is 19.3 Å². The number of aryl methyl sites for hydroxylation is 1. The quantitative estimate of drug-likeness (QED) is 0.841. The van der Waals surface area contributed by atoms with E-state index >= 15 is 0 Å². The number of carbonyl (C=O) groups is 1. The van der Waals surface area contributed by atoms with Crippen LogP contribution in [0.15, 0.2) is 18.2 Å². The first-order valence-corrected chi connectivity index (χ1v) is 6.34. The molecule has 0 saturated heterocycles. The number of carbonyl (C=O) groups excluding carboxylic acids is 1. The second-order valence-electron chi connectivity index (χ2n) is 4.16. The van der Waals surface area contributed by atoms with Crippen LogP contribution in [0.25, 0.3) is 10.1 Å². The monoisotopic (exact) mass is 258 g/mol. The summed E-state index contributed by atoms with van der Waals surface area (Å²) >= 11 is 1.43. The summed E-state index contributed by atoms with van der Waals surface area (Å²) in [5.41, 5.74) is 7.73. The number of benzene rings is 1. The lowest BCUT2D eigenvalue weighted by Crippen LogP contribution is -2.26. The van der Waals surface area contributed by atoms with Crippen molar-refractivity contribution in [1.82, 2.24) is 4.90 Å². The van der Waals surface area contributed by atoms with E-state index in [-0.39, 0.29) is 12.5 Å². The number of terminal acetylenes is 1. The van der Waals surface area contributed by atoms with Gasteiger partial charge in [-0.25, -0.2) is 0 Å². The topological polar surface area (TPSA) is 46.3 Å². The van der Waals surface area contributed by atoms with Crippen LogP contribution in [0.3, 0.4) is 0 Å². The molecule has 0 aliphatic carbocycles. The second kappa shape index (κ2) is 4.71. The summed E-state index contributed by atoms with van der Waals surface area (Å²) < 4.78 is 1.06. The number of hydrogen-bond donors (Lipinski definition) is 1. The highest BCUT2D eigenvalue weighted by Crippen LogP contribution is 2.36. The largest absolute Gasteiger partial charge is 0.397 e. The third-order valence-corrected chi connectivity index (χ3v) is 4.16. The van der Waals surface area contributed by atoms with Crippen molar-refractivity contribution in [3.05, 3.63) is 28.6 Å². The molecule has 1 amide bonds. The summed E-state index contributed by atoms with van der Waals surface area (Å²) in [7, 11) is 1.68. The van der Waals surface area contributed by atoms with Crippen LogP contribution in [0, 0.1) is 19.3 Å². The van der Waals surface area contributed by atoms with Crippen LogP contribution >= 0.6 is 11.3 Å². The molecule has 0 saturated carbocycles. The molecule has 3 nitrogen and oxygen atoms in total. The summed E-state index contributed by atoms with van der Waals surface area (Å²) in [5, 5.41) is 0.942. The summed E-state index contributed by atoms with van der Waals surface area (Å²) in [6.07, 6.45) is 5.21. The number of amides is 1. The van der Waals surface area contributed by atoms with Gasteiger partial charge in [-0.1, -0.05) is 24.1 Å². The molecule has 0 unspecified atom stereocenters. The van der Waals surface area contributed by atoms with Gasteiger partial charge in [-0.05, 0) is 12.5 Å². The Hall–Kier alpha value is -1.99. The fourth-order valence-electron chi connectivity index (χ4n) is 1.82. The Morgan fingerprint density at radius 1 is 1.56 bits per heavy atom. The SMILES string of the molecule is C#CCN(C)C(=O)c1sc2c(C)cccc2c1N. The second-order valence-corrected chi connectivity index (χ2v) is 5.18. The third-order valence-electron chi connectivity index (χ3n) is 2.82. The maximum absolute atomic E-state index is 12.2. The summed E-state index contributed by atoms with van der Waals surface area (Å²) in [5.74, 6) is 2.33. The summed E-state index contributed by atoms with van der Waals surface area (Å²) in [6, 6.07) is 5.89. The van der Waals surface area contributed by atoms with Gasteiger partial charge in [-0.3, -0.25) is 4.79 Å². The van der Waals surface area contributed by atoms with E-state index in [4.69, 9.17) is 12.2 Å². The highest BCUT2D eigenvalue weighted by atomic mass is 32.1. The van der Waals surface area contributed by atoms with Gasteiger partial charge >= 0.3 is 0 Å². The van der Waals surface area contributed by atoms with Crippen LogP contribution in [0.2, 0.25) is 0 Å². The number of hydrogen-bond acceptors (Lipinski definition) is 3. The number of nitrogens with two attached hydrogens (primary N) is 1. The zero-order valence-corrected chi connectivity index (χ0v) is 11.2. The minimum Gasteiger partial charge on any atom is -0.397 e. The Balaban J connectivity index is 2.53. The van der Waals surface area contributed by atoms with Crippen LogP contribution in [0.4, 0.5) is 5.69 Å². The van der Waals surface area contributed by atoms with E-state index in [1.807, 2.05) is 25.1 Å². The van der Waals surface area contributed by atoms with Crippen molar-refractivity contribution < 1.29 is 4.79 Å². The Labute approximate surface area is 110 Å². The van der Waals surface area contributed by atoms with Gasteiger partial charge in [0.15, 0.2) is 0 Å². The standard InChI is InChI=1S/C14H14N2OS/c1-4-8-16(3)14(17)13-11(15)10-7-5-6-9(2)12(10)18-13/h1,5-7H,8,15H2,2-3H3. The van der Waals surface area contributed by atoms with E-state index in [1.54, 1.807) is 7.05 Å². The van der Waals surface area contributed by atoms with E-state index in [1.165, 1.54) is 16.2 Å². The highest BCUT2D eigenvalue weighted by Gasteiger charge is 2.19. The van der Waals surface area contributed by atoms with Crippen molar-refractivity contribution in [2.24, 2.45) is 0 Å². The predicted molar refractivity (Wildman–Crippen MR) is 76.8 cm³/mol. The predicted octanol–water partition coefficient (Wildman–Crippen LogP) is 2.50. The van der Waals surface area contributed by atoms with Crippen LogP contribution < -0.4 is 5.73 Å². The number of anilines is 1. The number of thiophene rings is 1. The zero-order valence-electron chi connectivity index (χ0n) is 10.4. The number of rotatable bonds is 2. The molecule has 1 aromatic carbocycles. The molecule has 0 aliphatic rings. The van der Waals surface area contributed by atoms with Gasteiger partial charge in [0.05, 0.1) is 12.2 Å². The van der Waals surface area contributed by atoms with E-state index in [0.717, 1.165) is 15.6 Å². The van der Waals surface area contributed by atoms with E-state index < -0.39 is 0 Å². The molecule has 0 spiro atoms. The average Bonchev–Trinajstić information content (AvgIpc) is 2.68. The first-order chi connectivity index (χ1) is 8.56. The smallest absolute Gasteiger partial charge is 0.266 e. The maximum Gasteiger partial charge on any atom is 0.266 e. The minimum atomic E-state index is -0.119. The lowest BCUT2D eigenvalue weighted by atomic mass is 10.1. The van der Waals surface area contributed by atoms with Crippen molar-refractivity contribution in [3.63, 3.8) is 0 Å². The molecule has 0 radical (unpaired) electrons. The fourth-order valence-corrected chi connectivity index (χ4v) is 3.00. The third kappa shape index (κ3) is 1.93. The zero-order chi connectivity index (χ0) is 13.3. The molecule has 1 heterocycles. The van der Waals surface area contributed by atoms with Crippen LogP contribution in [-0.4, -0.2) is 24.4 Å². The average molecular weight is 258 g/mol. The lowest BCUT2D eigenvalue weighted by molar-refractivity contribution is 0.0818. The minimum absolute atomic E-state index is 0.119. The number of nitrogens with zero attached hydrogens (tertiary/aromatic N) is 1. The Morgan fingerprint density at radius 2 is 2.28 bits per heavy atom. The van der Waals surface area contributed by atoms with Crippen LogP contribution in [0.1, 0.15) is 15.2 Å². The van der Waals surface area contributed by atoms with Gasteiger partial charge in [0, 0.05) is 17.1 Å². The normalized spacial score (nSPS) is 10.3. The van der Waals surface area contributed by atoms with Gasteiger partial charge in [-0.15, -0.1) is 17.8 Å². The van der Waals surface area contributed by atoms with Crippen molar-refractivity contribution in [2.45, 2.75) is 6.92 Å². The summed E-state index contributed by atoms with van der Waals surface area (Å²) in [6.45, 7) is 2.29. The molecule has 92 valence electrons. The summed E-state index contributed by atoms with van der Waals surface area (Å²) in [4.78, 5) is 14.3. The molecule has 0 bridgehead atoms. The highest BCUT2D eigenvalue weighted by molar-refractivity contribution is 7.21. The Morgan fingerprint density at radius 3 is 2.89 bits per heavy atom. The van der Waals surface area contributed by atoms with Gasteiger partial charge in [0.25, 0.3) is 5.91 Å². The molecule has 4 heteroatoms. The molecular formula is C14H14N2OS. The molecule has 0 aliphatic heterocycles. The first kappa shape index (κ1) is 12.5. The first-order valence-electron chi connectivity index (χ1n) is 5.52. The molecule has 0 fully saturated rings.